The van der Waals surface area contributed by atoms with Crippen molar-refractivity contribution in [3.05, 3.63) is 35.4 Å². The monoisotopic (exact) mass is 273 g/mol. The van der Waals surface area contributed by atoms with Crippen molar-refractivity contribution < 1.29 is 17.9 Å². The van der Waals surface area contributed by atoms with Gasteiger partial charge in [-0.25, -0.2) is 0 Å². The van der Waals surface area contributed by atoms with Crippen molar-refractivity contribution in [3.63, 3.8) is 0 Å². The molecule has 19 heavy (non-hydrogen) atoms. The van der Waals surface area contributed by atoms with Gasteiger partial charge in [-0.3, -0.25) is 0 Å². The van der Waals surface area contributed by atoms with Gasteiger partial charge in [-0.2, -0.15) is 13.2 Å². The first kappa shape index (κ1) is 14.3. The third-order valence-corrected chi connectivity index (χ3v) is 3.63. The number of rotatable bonds is 5. The molecular formula is C14H18F3NO. The van der Waals surface area contributed by atoms with E-state index in [-0.39, 0.29) is 12.0 Å². The van der Waals surface area contributed by atoms with Crippen molar-refractivity contribution in [1.82, 2.24) is 5.32 Å². The van der Waals surface area contributed by atoms with Gasteiger partial charge in [-0.15, -0.1) is 0 Å². The molecule has 0 amide bonds. The first-order valence-electron chi connectivity index (χ1n) is 6.34. The van der Waals surface area contributed by atoms with E-state index in [9.17, 15) is 13.2 Å². The average molecular weight is 273 g/mol. The van der Waals surface area contributed by atoms with E-state index in [1.54, 1.807) is 0 Å². The average Bonchev–Trinajstić information content (AvgIpc) is 2.27. The maximum atomic E-state index is 12.0. The molecule has 2 nitrogen and oxygen atoms in total. The van der Waals surface area contributed by atoms with Crippen LogP contribution < -0.4 is 5.32 Å². The lowest BCUT2D eigenvalue weighted by atomic mass is 9.71. The Morgan fingerprint density at radius 2 is 1.95 bits per heavy atom. The van der Waals surface area contributed by atoms with Crippen molar-refractivity contribution in [2.75, 3.05) is 26.3 Å². The number of halogens is 3. The summed E-state index contributed by atoms with van der Waals surface area (Å²) in [6, 6.07) is 8.03. The number of hydrogen-bond donors (Lipinski definition) is 1. The molecule has 5 heteroatoms. The highest BCUT2D eigenvalue weighted by molar-refractivity contribution is 5.36. The Morgan fingerprint density at radius 1 is 1.26 bits per heavy atom. The Bertz CT molecular complexity index is 427. The molecule has 0 saturated carbocycles. The molecule has 1 fully saturated rings. The van der Waals surface area contributed by atoms with Gasteiger partial charge in [0.2, 0.25) is 0 Å². The van der Waals surface area contributed by atoms with Gasteiger partial charge in [0.15, 0.2) is 0 Å². The van der Waals surface area contributed by atoms with Crippen molar-refractivity contribution in [1.29, 1.82) is 0 Å². The van der Waals surface area contributed by atoms with E-state index < -0.39 is 12.8 Å². The van der Waals surface area contributed by atoms with E-state index in [2.05, 4.69) is 11.4 Å². The van der Waals surface area contributed by atoms with Crippen molar-refractivity contribution >= 4 is 0 Å². The van der Waals surface area contributed by atoms with Gasteiger partial charge in [0.1, 0.15) is 6.61 Å². The third kappa shape index (κ3) is 3.48. The zero-order chi connectivity index (χ0) is 13.9. The molecule has 2 rings (SSSR count). The Labute approximate surface area is 111 Å². The SMILES string of the molecule is Cc1ccccc1C1(CCOCC(F)(F)F)CNC1. The topological polar surface area (TPSA) is 21.3 Å². The molecular weight excluding hydrogens is 255 g/mol. The number of aryl methyl sites for hydroxylation is 1. The van der Waals surface area contributed by atoms with Gasteiger partial charge in [0, 0.05) is 25.1 Å². The van der Waals surface area contributed by atoms with E-state index in [1.807, 2.05) is 25.1 Å². The van der Waals surface area contributed by atoms with Crippen LogP contribution in [0.3, 0.4) is 0 Å². The fraction of sp³-hybridized carbons (Fsp3) is 0.571. The molecule has 1 N–H and O–H groups in total. The van der Waals surface area contributed by atoms with E-state index >= 15 is 0 Å². The van der Waals surface area contributed by atoms with Crippen LogP contribution in [0, 0.1) is 6.92 Å². The van der Waals surface area contributed by atoms with Crippen LogP contribution in [0.4, 0.5) is 13.2 Å². The number of alkyl halides is 3. The molecule has 0 bridgehead atoms. The molecule has 106 valence electrons. The quantitative estimate of drug-likeness (QED) is 0.833. The lowest BCUT2D eigenvalue weighted by Crippen LogP contribution is -2.57. The van der Waals surface area contributed by atoms with Crippen LogP contribution in [0.15, 0.2) is 24.3 Å². The molecule has 1 aromatic rings. The summed E-state index contributed by atoms with van der Waals surface area (Å²) in [7, 11) is 0. The maximum Gasteiger partial charge on any atom is 0.411 e. The van der Waals surface area contributed by atoms with E-state index in [0.717, 1.165) is 13.1 Å². The molecule has 0 atom stereocenters. The predicted octanol–water partition coefficient (Wildman–Crippen LogP) is 2.81. The molecule has 0 spiro atoms. The number of ether oxygens (including phenoxy) is 1. The standard InChI is InChI=1S/C14H18F3NO/c1-11-4-2-3-5-12(11)13(8-18-9-13)6-7-19-10-14(15,16)17/h2-5,18H,6-10H2,1H3. The lowest BCUT2D eigenvalue weighted by molar-refractivity contribution is -0.175. The summed E-state index contributed by atoms with van der Waals surface area (Å²) in [5.74, 6) is 0. The summed E-state index contributed by atoms with van der Waals surface area (Å²) in [5.41, 5.74) is 2.32. The van der Waals surface area contributed by atoms with Gasteiger partial charge in [-0.05, 0) is 24.5 Å². The van der Waals surface area contributed by atoms with Gasteiger partial charge in [-0.1, -0.05) is 24.3 Å². The van der Waals surface area contributed by atoms with Gasteiger partial charge in [0.25, 0.3) is 0 Å². The smallest absolute Gasteiger partial charge is 0.372 e. The molecule has 0 radical (unpaired) electrons. The fourth-order valence-electron chi connectivity index (χ4n) is 2.55. The van der Waals surface area contributed by atoms with Crippen LogP contribution in [-0.4, -0.2) is 32.5 Å². The van der Waals surface area contributed by atoms with Crippen LogP contribution in [0.25, 0.3) is 0 Å². The summed E-state index contributed by atoms with van der Waals surface area (Å²) in [6.07, 6.45) is -3.63. The largest absolute Gasteiger partial charge is 0.411 e. The number of hydrogen-bond acceptors (Lipinski definition) is 2. The Kier molecular flexibility index (Phi) is 4.16. The van der Waals surface area contributed by atoms with Crippen molar-refractivity contribution in [2.24, 2.45) is 0 Å². The first-order chi connectivity index (χ1) is 8.93. The molecule has 0 unspecified atom stereocenters. The zero-order valence-corrected chi connectivity index (χ0v) is 10.9. The minimum Gasteiger partial charge on any atom is -0.372 e. The second-order valence-corrected chi connectivity index (χ2v) is 5.12. The van der Waals surface area contributed by atoms with Crippen LogP contribution in [0.5, 0.6) is 0 Å². The first-order valence-corrected chi connectivity index (χ1v) is 6.34. The Hall–Kier alpha value is -1.07. The van der Waals surface area contributed by atoms with E-state index in [4.69, 9.17) is 4.74 Å². The van der Waals surface area contributed by atoms with E-state index in [1.165, 1.54) is 11.1 Å². The molecule has 0 aliphatic carbocycles. The van der Waals surface area contributed by atoms with Crippen LogP contribution in [0.2, 0.25) is 0 Å². The van der Waals surface area contributed by atoms with Crippen molar-refractivity contribution in [2.45, 2.75) is 24.9 Å². The molecule has 1 saturated heterocycles. The van der Waals surface area contributed by atoms with Crippen molar-refractivity contribution in [3.8, 4) is 0 Å². The molecule has 0 aromatic heterocycles. The van der Waals surface area contributed by atoms with E-state index in [0.29, 0.717) is 6.42 Å². The zero-order valence-electron chi connectivity index (χ0n) is 10.9. The second-order valence-electron chi connectivity index (χ2n) is 5.12. The van der Waals surface area contributed by atoms with Gasteiger partial charge in [0.05, 0.1) is 0 Å². The summed E-state index contributed by atoms with van der Waals surface area (Å²) in [4.78, 5) is 0. The summed E-state index contributed by atoms with van der Waals surface area (Å²) in [5, 5.41) is 3.21. The fourth-order valence-corrected chi connectivity index (χ4v) is 2.55. The number of benzene rings is 1. The maximum absolute atomic E-state index is 12.0. The predicted molar refractivity (Wildman–Crippen MR) is 67.2 cm³/mol. The summed E-state index contributed by atoms with van der Waals surface area (Å²) < 4.78 is 40.8. The number of nitrogens with one attached hydrogen (secondary N) is 1. The second kappa shape index (κ2) is 5.51. The Balaban J connectivity index is 1.95. The van der Waals surface area contributed by atoms with Crippen LogP contribution in [-0.2, 0) is 10.2 Å². The molecule has 1 aliphatic heterocycles. The highest BCUT2D eigenvalue weighted by Gasteiger charge is 2.39. The molecule has 1 aliphatic rings. The lowest BCUT2D eigenvalue weighted by Gasteiger charge is -2.44. The molecule has 1 aromatic carbocycles. The summed E-state index contributed by atoms with van der Waals surface area (Å²) >= 11 is 0. The van der Waals surface area contributed by atoms with Gasteiger partial charge >= 0.3 is 6.18 Å². The minimum absolute atomic E-state index is 0.0725. The normalized spacial score (nSPS) is 18.1. The van der Waals surface area contributed by atoms with Crippen LogP contribution in [0.1, 0.15) is 17.5 Å². The molecule has 1 heterocycles. The van der Waals surface area contributed by atoms with Crippen LogP contribution >= 0.6 is 0 Å². The third-order valence-electron chi connectivity index (χ3n) is 3.63. The minimum atomic E-state index is -4.24. The Morgan fingerprint density at radius 3 is 2.47 bits per heavy atom. The highest BCUT2D eigenvalue weighted by Crippen LogP contribution is 2.34. The summed E-state index contributed by atoms with van der Waals surface area (Å²) in [6.45, 7) is 2.60. The van der Waals surface area contributed by atoms with Gasteiger partial charge < -0.3 is 10.1 Å². The highest BCUT2D eigenvalue weighted by atomic mass is 19.4.